The summed E-state index contributed by atoms with van der Waals surface area (Å²) in [7, 11) is 3.06. The number of rotatable bonds is 7. The number of hydrogen-bond donors (Lipinski definition) is 0. The predicted octanol–water partition coefficient (Wildman–Crippen LogP) is 4.10. The Morgan fingerprint density at radius 2 is 2.04 bits per heavy atom. The number of nitrogens with zero attached hydrogens (tertiary/aromatic N) is 2. The molecule has 5 nitrogen and oxygen atoms in total. The fourth-order valence-corrected chi connectivity index (χ4v) is 2.92. The summed E-state index contributed by atoms with van der Waals surface area (Å²) in [5, 5.41) is 9.55. The van der Waals surface area contributed by atoms with E-state index in [1.54, 1.807) is 30.3 Å². The molecule has 0 aliphatic heterocycles. The molecule has 0 atom stereocenters. The summed E-state index contributed by atoms with van der Waals surface area (Å²) in [5.41, 5.74) is 2.92. The van der Waals surface area contributed by atoms with Crippen molar-refractivity contribution in [3.63, 3.8) is 0 Å². The van der Waals surface area contributed by atoms with Gasteiger partial charge in [-0.15, -0.1) is 6.58 Å². The standard InChI is InChI=1S/C21H22N2O3/c1-6-10-23-14(2)11-18(15(23)3)20(24)17(13-22)12-16-8-7-9-19(25-4)21(16)26-5/h6-9,11-12H,1,10H2,2-5H3/b17-12+. The van der Waals surface area contributed by atoms with Crippen LogP contribution in [0.15, 0.2) is 42.5 Å². The Balaban J connectivity index is 2.52. The molecule has 0 fully saturated rings. The monoisotopic (exact) mass is 350 g/mol. The summed E-state index contributed by atoms with van der Waals surface area (Å²) in [5.74, 6) is 0.698. The van der Waals surface area contributed by atoms with Crippen molar-refractivity contribution in [2.75, 3.05) is 14.2 Å². The Bertz CT molecular complexity index is 914. The van der Waals surface area contributed by atoms with E-state index in [1.165, 1.54) is 20.3 Å². The number of nitriles is 1. The van der Waals surface area contributed by atoms with Crippen molar-refractivity contribution in [2.24, 2.45) is 0 Å². The maximum Gasteiger partial charge on any atom is 0.205 e. The van der Waals surface area contributed by atoms with Crippen LogP contribution in [0.4, 0.5) is 0 Å². The summed E-state index contributed by atoms with van der Waals surface area (Å²) in [6.07, 6.45) is 3.31. The van der Waals surface area contributed by atoms with Crippen molar-refractivity contribution in [3.05, 3.63) is 65.0 Å². The van der Waals surface area contributed by atoms with Gasteiger partial charge in [0.1, 0.15) is 11.6 Å². The highest BCUT2D eigenvalue weighted by molar-refractivity contribution is 6.15. The SMILES string of the molecule is C=CCn1c(C)cc(C(=O)/C(C#N)=C/c2cccc(OC)c2OC)c1C. The van der Waals surface area contributed by atoms with Gasteiger partial charge in [0.25, 0.3) is 0 Å². The second-order valence-electron chi connectivity index (χ2n) is 5.77. The van der Waals surface area contributed by atoms with Crippen molar-refractivity contribution in [1.82, 2.24) is 4.57 Å². The average molecular weight is 350 g/mol. The minimum atomic E-state index is -0.319. The maximum absolute atomic E-state index is 12.9. The number of ether oxygens (including phenoxy) is 2. The summed E-state index contributed by atoms with van der Waals surface area (Å²) in [6.45, 7) is 8.14. The second kappa shape index (κ2) is 8.21. The second-order valence-corrected chi connectivity index (χ2v) is 5.77. The van der Waals surface area contributed by atoms with E-state index in [4.69, 9.17) is 9.47 Å². The number of hydrogen-bond acceptors (Lipinski definition) is 4. The molecule has 0 radical (unpaired) electrons. The third kappa shape index (κ3) is 3.55. The molecule has 0 N–H and O–H groups in total. The number of methoxy groups -OCH3 is 2. The van der Waals surface area contributed by atoms with Gasteiger partial charge in [-0.1, -0.05) is 18.2 Å². The lowest BCUT2D eigenvalue weighted by Gasteiger charge is -2.10. The molecule has 2 aromatic rings. The van der Waals surface area contributed by atoms with Crippen molar-refractivity contribution in [3.8, 4) is 17.6 Å². The normalized spacial score (nSPS) is 11.0. The Hall–Kier alpha value is -3.26. The molecule has 0 bridgehead atoms. The van der Waals surface area contributed by atoms with Crippen LogP contribution in [0, 0.1) is 25.2 Å². The number of carbonyl (C=O) groups is 1. The van der Waals surface area contributed by atoms with E-state index >= 15 is 0 Å². The molecule has 0 saturated carbocycles. The van der Waals surface area contributed by atoms with Gasteiger partial charge < -0.3 is 14.0 Å². The Morgan fingerprint density at radius 3 is 2.62 bits per heavy atom. The van der Waals surface area contributed by atoms with Gasteiger partial charge in [-0.25, -0.2) is 0 Å². The van der Waals surface area contributed by atoms with E-state index in [1.807, 2.05) is 24.5 Å². The zero-order chi connectivity index (χ0) is 19.3. The molecule has 1 heterocycles. The smallest absolute Gasteiger partial charge is 0.205 e. The zero-order valence-electron chi connectivity index (χ0n) is 15.5. The molecule has 134 valence electrons. The average Bonchev–Trinajstić information content (AvgIpc) is 2.93. The summed E-state index contributed by atoms with van der Waals surface area (Å²) >= 11 is 0. The fraction of sp³-hybridized carbons (Fsp3) is 0.238. The van der Waals surface area contributed by atoms with E-state index in [2.05, 4.69) is 6.58 Å². The van der Waals surface area contributed by atoms with Gasteiger partial charge in [0.15, 0.2) is 11.5 Å². The molecule has 0 unspecified atom stereocenters. The molecule has 0 aliphatic carbocycles. The number of carbonyl (C=O) groups excluding carboxylic acids is 1. The largest absolute Gasteiger partial charge is 0.493 e. The topological polar surface area (TPSA) is 64.2 Å². The number of para-hydroxylation sites is 1. The van der Waals surface area contributed by atoms with Gasteiger partial charge >= 0.3 is 0 Å². The molecule has 5 heteroatoms. The van der Waals surface area contributed by atoms with Gasteiger partial charge in [-0.05, 0) is 32.1 Å². The molecule has 0 spiro atoms. The van der Waals surface area contributed by atoms with E-state index in [9.17, 15) is 10.1 Å². The highest BCUT2D eigenvalue weighted by Crippen LogP contribution is 2.32. The highest BCUT2D eigenvalue weighted by Gasteiger charge is 2.20. The van der Waals surface area contributed by atoms with Crippen molar-refractivity contribution >= 4 is 11.9 Å². The van der Waals surface area contributed by atoms with E-state index in [0.29, 0.717) is 29.2 Å². The van der Waals surface area contributed by atoms with Gasteiger partial charge in [0.2, 0.25) is 5.78 Å². The van der Waals surface area contributed by atoms with Gasteiger partial charge in [0.05, 0.1) is 14.2 Å². The van der Waals surface area contributed by atoms with Gasteiger partial charge in [-0.3, -0.25) is 4.79 Å². The van der Waals surface area contributed by atoms with Crippen LogP contribution in [-0.4, -0.2) is 24.6 Å². The zero-order valence-corrected chi connectivity index (χ0v) is 15.5. The lowest BCUT2D eigenvalue weighted by Crippen LogP contribution is -2.06. The number of benzene rings is 1. The van der Waals surface area contributed by atoms with Crippen LogP contribution in [0.25, 0.3) is 6.08 Å². The molecule has 0 saturated heterocycles. The molecule has 1 aromatic heterocycles. The predicted molar refractivity (Wildman–Crippen MR) is 102 cm³/mol. The summed E-state index contributed by atoms with van der Waals surface area (Å²) in [4.78, 5) is 12.9. The molecular weight excluding hydrogens is 328 g/mol. The number of allylic oxidation sites excluding steroid dienone is 2. The third-order valence-corrected chi connectivity index (χ3v) is 4.23. The number of aromatic nitrogens is 1. The third-order valence-electron chi connectivity index (χ3n) is 4.23. The molecule has 1 aromatic carbocycles. The lowest BCUT2D eigenvalue weighted by atomic mass is 10.0. The van der Waals surface area contributed by atoms with E-state index < -0.39 is 0 Å². The van der Waals surface area contributed by atoms with Gasteiger partial charge in [-0.2, -0.15) is 5.26 Å². The Labute approximate surface area is 153 Å². The van der Waals surface area contributed by atoms with Crippen LogP contribution in [0.1, 0.15) is 27.3 Å². The van der Waals surface area contributed by atoms with Crippen molar-refractivity contribution in [2.45, 2.75) is 20.4 Å². The van der Waals surface area contributed by atoms with Crippen LogP contribution in [0.5, 0.6) is 11.5 Å². The summed E-state index contributed by atoms with van der Waals surface area (Å²) < 4.78 is 12.6. The van der Waals surface area contributed by atoms with Crippen molar-refractivity contribution in [1.29, 1.82) is 5.26 Å². The quantitative estimate of drug-likeness (QED) is 0.326. The Kier molecular flexibility index (Phi) is 6.03. The first-order valence-corrected chi connectivity index (χ1v) is 8.13. The minimum Gasteiger partial charge on any atom is -0.493 e. The molecule has 2 rings (SSSR count). The number of Topliss-reactive ketones (excluding diaryl/α,β-unsaturated/α-hetero) is 1. The minimum absolute atomic E-state index is 0.0374. The number of aryl methyl sites for hydroxylation is 1. The van der Waals surface area contributed by atoms with Crippen LogP contribution in [0.2, 0.25) is 0 Å². The fourth-order valence-electron chi connectivity index (χ4n) is 2.92. The van der Waals surface area contributed by atoms with Crippen LogP contribution in [-0.2, 0) is 6.54 Å². The van der Waals surface area contributed by atoms with Crippen LogP contribution < -0.4 is 9.47 Å². The maximum atomic E-state index is 12.9. The first-order valence-electron chi connectivity index (χ1n) is 8.13. The van der Waals surface area contributed by atoms with Crippen LogP contribution in [0.3, 0.4) is 0 Å². The van der Waals surface area contributed by atoms with E-state index in [-0.39, 0.29) is 11.4 Å². The summed E-state index contributed by atoms with van der Waals surface area (Å²) in [6, 6.07) is 9.12. The Morgan fingerprint density at radius 1 is 1.31 bits per heavy atom. The number of ketones is 1. The lowest BCUT2D eigenvalue weighted by molar-refractivity contribution is 0.103. The molecule has 0 aliphatic rings. The molecule has 0 amide bonds. The first-order chi connectivity index (χ1) is 12.5. The molecular formula is C21H22N2O3. The first kappa shape index (κ1) is 19.1. The van der Waals surface area contributed by atoms with Crippen LogP contribution >= 0.6 is 0 Å². The van der Waals surface area contributed by atoms with Gasteiger partial charge in [0, 0.05) is 29.1 Å². The molecule has 26 heavy (non-hydrogen) atoms. The van der Waals surface area contributed by atoms with Crippen molar-refractivity contribution < 1.29 is 14.3 Å². The highest BCUT2D eigenvalue weighted by atomic mass is 16.5. The van der Waals surface area contributed by atoms with E-state index in [0.717, 1.165) is 11.4 Å².